The summed E-state index contributed by atoms with van der Waals surface area (Å²) in [4.78, 5) is 9.41. The second-order valence-corrected chi connectivity index (χ2v) is 7.74. The number of allylic oxidation sites excluding steroid dienone is 4. The molecule has 0 saturated carbocycles. The van der Waals surface area contributed by atoms with Gasteiger partial charge in [-0.25, -0.2) is 14.6 Å². The van der Waals surface area contributed by atoms with Crippen molar-refractivity contribution < 1.29 is 0 Å². The Balaban J connectivity index is 2.31. The quantitative estimate of drug-likeness (QED) is 0.394. The monoisotopic (exact) mass is 344 g/mol. The fourth-order valence-corrected chi connectivity index (χ4v) is 3.19. The van der Waals surface area contributed by atoms with E-state index in [-0.39, 0.29) is 0 Å². The van der Waals surface area contributed by atoms with Crippen LogP contribution in [0.15, 0.2) is 35.2 Å². The highest BCUT2D eigenvalue weighted by molar-refractivity contribution is 7.99. The summed E-state index contributed by atoms with van der Waals surface area (Å²) in [6, 6.07) is 0. The van der Waals surface area contributed by atoms with Gasteiger partial charge in [0, 0.05) is 11.8 Å². The number of hydrogen-bond donors (Lipinski definition) is 0. The molecule has 5 heteroatoms. The summed E-state index contributed by atoms with van der Waals surface area (Å²) in [5, 5.41) is 6.97. The van der Waals surface area contributed by atoms with Gasteiger partial charge in [-0.2, -0.15) is 5.10 Å². The van der Waals surface area contributed by atoms with Gasteiger partial charge in [-0.05, 0) is 33.1 Å². The average Bonchev–Trinajstić information content (AvgIpc) is 2.95. The molecular weight excluding hydrogens is 316 g/mol. The first-order chi connectivity index (χ1) is 11.5. The molecule has 0 bridgehead atoms. The summed E-state index contributed by atoms with van der Waals surface area (Å²) in [5.74, 6) is 0.408. The molecule has 2 rings (SSSR count). The Morgan fingerprint density at radius 3 is 2.75 bits per heavy atom. The molecule has 2 heterocycles. The van der Waals surface area contributed by atoms with Crippen LogP contribution in [0.4, 0.5) is 0 Å². The Bertz CT molecular complexity index is 745. The van der Waals surface area contributed by atoms with Gasteiger partial charge in [0.05, 0.1) is 17.3 Å². The van der Waals surface area contributed by atoms with Crippen molar-refractivity contribution >= 4 is 22.8 Å². The topological polar surface area (TPSA) is 43.6 Å². The van der Waals surface area contributed by atoms with Crippen molar-refractivity contribution in [3.63, 3.8) is 0 Å². The number of thioether (sulfide) groups is 1. The Morgan fingerprint density at radius 1 is 1.33 bits per heavy atom. The summed E-state index contributed by atoms with van der Waals surface area (Å²) in [6.07, 6.45) is 9.30. The summed E-state index contributed by atoms with van der Waals surface area (Å²) >= 11 is 1.74. The van der Waals surface area contributed by atoms with Gasteiger partial charge in [0.15, 0.2) is 10.8 Å². The van der Waals surface area contributed by atoms with Crippen molar-refractivity contribution in [2.75, 3.05) is 0 Å². The molecule has 0 saturated heterocycles. The smallest absolute Gasteiger partial charge is 0.190 e. The Hall–Kier alpha value is -1.62. The van der Waals surface area contributed by atoms with Crippen LogP contribution in [-0.4, -0.2) is 25.0 Å². The predicted molar refractivity (Wildman–Crippen MR) is 103 cm³/mol. The van der Waals surface area contributed by atoms with Crippen LogP contribution < -0.4 is 0 Å². The van der Waals surface area contributed by atoms with E-state index >= 15 is 0 Å². The minimum absolute atomic E-state index is 0.408. The molecule has 0 aromatic carbocycles. The van der Waals surface area contributed by atoms with Crippen LogP contribution in [-0.2, 0) is 6.54 Å². The van der Waals surface area contributed by atoms with Crippen LogP contribution in [0, 0.1) is 12.8 Å². The Morgan fingerprint density at radius 2 is 2.08 bits per heavy atom. The lowest BCUT2D eigenvalue weighted by molar-refractivity contribution is 0.510. The Kier molecular flexibility index (Phi) is 6.60. The molecular formula is C19H28N4S. The van der Waals surface area contributed by atoms with E-state index in [1.807, 2.05) is 24.7 Å². The van der Waals surface area contributed by atoms with Crippen LogP contribution in [0.2, 0.25) is 0 Å². The molecule has 0 fully saturated rings. The molecule has 0 spiro atoms. The first kappa shape index (κ1) is 18.7. The highest BCUT2D eigenvalue weighted by Crippen LogP contribution is 2.25. The van der Waals surface area contributed by atoms with E-state index in [4.69, 9.17) is 4.98 Å². The van der Waals surface area contributed by atoms with Crippen LogP contribution in [0.5, 0.6) is 0 Å². The highest BCUT2D eigenvalue weighted by atomic mass is 32.2. The Labute approximate surface area is 149 Å². The molecule has 2 unspecified atom stereocenters. The lowest BCUT2D eigenvalue weighted by atomic mass is 10.0. The number of fused-ring (bicyclic) bond motifs is 1. The van der Waals surface area contributed by atoms with E-state index in [0.717, 1.165) is 34.8 Å². The van der Waals surface area contributed by atoms with Crippen molar-refractivity contribution in [3.8, 4) is 0 Å². The van der Waals surface area contributed by atoms with E-state index in [1.54, 1.807) is 11.8 Å². The van der Waals surface area contributed by atoms with Gasteiger partial charge >= 0.3 is 0 Å². The molecule has 24 heavy (non-hydrogen) atoms. The lowest BCUT2D eigenvalue weighted by Gasteiger charge is -2.13. The summed E-state index contributed by atoms with van der Waals surface area (Å²) in [7, 11) is 0. The molecule has 0 N–H and O–H groups in total. The van der Waals surface area contributed by atoms with E-state index in [0.29, 0.717) is 11.2 Å². The van der Waals surface area contributed by atoms with Crippen molar-refractivity contribution in [1.82, 2.24) is 19.7 Å². The van der Waals surface area contributed by atoms with Gasteiger partial charge in [-0.3, -0.25) is 0 Å². The minimum atomic E-state index is 0.408. The molecule has 0 aliphatic carbocycles. The molecule has 0 aliphatic rings. The maximum Gasteiger partial charge on any atom is 0.190 e. The second-order valence-electron chi connectivity index (χ2n) is 6.33. The van der Waals surface area contributed by atoms with Crippen molar-refractivity contribution in [2.24, 2.45) is 5.92 Å². The minimum Gasteiger partial charge on any atom is -0.247 e. The molecule has 2 aromatic rings. The number of rotatable bonds is 7. The number of hydrogen-bond acceptors (Lipinski definition) is 4. The third kappa shape index (κ3) is 4.47. The van der Waals surface area contributed by atoms with Crippen molar-refractivity contribution in [1.29, 1.82) is 0 Å². The predicted octanol–water partition coefficient (Wildman–Crippen LogP) is 5.18. The molecule has 130 valence electrons. The maximum absolute atomic E-state index is 4.78. The maximum atomic E-state index is 4.78. The number of nitrogens with zero attached hydrogens (tertiary/aromatic N) is 4. The fourth-order valence-electron chi connectivity index (χ4n) is 2.34. The standard InChI is InChI=1S/C19H28N4S/c1-7-9-10-13(3)14(4)12-23-18-17(11-20-23)16(6)21-19(22-18)24-15(5)8-2/h7,9-11,14-15H,8,12H2,1-6H3/b9-7-,13-10+. The molecule has 0 amide bonds. The molecule has 0 aliphatic heterocycles. The first-order valence-corrected chi connectivity index (χ1v) is 9.50. The summed E-state index contributed by atoms with van der Waals surface area (Å²) in [6.45, 7) is 13.7. The molecule has 2 aromatic heterocycles. The van der Waals surface area contributed by atoms with Gasteiger partial charge in [-0.15, -0.1) is 0 Å². The van der Waals surface area contributed by atoms with Gasteiger partial charge < -0.3 is 0 Å². The van der Waals surface area contributed by atoms with Crippen LogP contribution >= 0.6 is 11.8 Å². The van der Waals surface area contributed by atoms with E-state index in [9.17, 15) is 0 Å². The van der Waals surface area contributed by atoms with Crippen molar-refractivity contribution in [3.05, 3.63) is 35.7 Å². The van der Waals surface area contributed by atoms with E-state index < -0.39 is 0 Å². The number of aromatic nitrogens is 4. The van der Waals surface area contributed by atoms with Gasteiger partial charge in [-0.1, -0.05) is 56.3 Å². The highest BCUT2D eigenvalue weighted by Gasteiger charge is 2.14. The van der Waals surface area contributed by atoms with Crippen LogP contribution in [0.25, 0.3) is 11.0 Å². The molecule has 4 nitrogen and oxygen atoms in total. The second kappa shape index (κ2) is 8.47. The zero-order valence-corrected chi connectivity index (χ0v) is 16.4. The zero-order chi connectivity index (χ0) is 17.7. The van der Waals surface area contributed by atoms with Gasteiger partial charge in [0.2, 0.25) is 0 Å². The van der Waals surface area contributed by atoms with Crippen LogP contribution in [0.3, 0.4) is 0 Å². The first-order valence-electron chi connectivity index (χ1n) is 8.62. The average molecular weight is 345 g/mol. The normalized spacial score (nSPS) is 15.3. The largest absolute Gasteiger partial charge is 0.247 e. The van der Waals surface area contributed by atoms with E-state index in [2.05, 4.69) is 56.0 Å². The molecule has 0 radical (unpaired) electrons. The fraction of sp³-hybridized carbons (Fsp3) is 0.526. The lowest BCUT2D eigenvalue weighted by Crippen LogP contribution is -2.11. The van der Waals surface area contributed by atoms with Crippen molar-refractivity contribution in [2.45, 2.75) is 64.9 Å². The van der Waals surface area contributed by atoms with E-state index in [1.165, 1.54) is 5.57 Å². The van der Waals surface area contributed by atoms with Gasteiger partial charge in [0.25, 0.3) is 0 Å². The SMILES string of the molecule is C/C=C\C=C(/C)C(C)Cn1ncc2c(C)nc(SC(C)CC)nc21. The summed E-state index contributed by atoms with van der Waals surface area (Å²) < 4.78 is 2.02. The summed E-state index contributed by atoms with van der Waals surface area (Å²) in [5.41, 5.74) is 3.29. The van der Waals surface area contributed by atoms with Gasteiger partial charge in [0.1, 0.15) is 0 Å². The number of aryl methyl sites for hydroxylation is 1. The van der Waals surface area contributed by atoms with Crippen LogP contribution in [0.1, 0.15) is 46.7 Å². The zero-order valence-electron chi connectivity index (χ0n) is 15.6. The third-order valence-electron chi connectivity index (χ3n) is 4.32. The third-order valence-corrected chi connectivity index (χ3v) is 5.45. The molecule has 2 atom stereocenters.